The van der Waals surface area contributed by atoms with Gasteiger partial charge in [0.1, 0.15) is 16.7 Å². The molecule has 0 radical (unpaired) electrons. The molecule has 2 aromatic heterocycles. The number of para-hydroxylation sites is 3. The van der Waals surface area contributed by atoms with Crippen LogP contribution in [0.15, 0.2) is 209 Å². The molecule has 0 saturated heterocycles. The second-order valence-corrected chi connectivity index (χ2v) is 14.0. The SMILES string of the molecule is c1ccc(-c2cccc3c2oc2cc(N(c4cccc(-c5cccc6ccccc56)c4)c4cccc5c4oc4c(-c6ccccc6)cccc45)ccc23)cc1. The van der Waals surface area contributed by atoms with Gasteiger partial charge < -0.3 is 13.7 Å². The molecule has 11 aromatic rings. The standard InChI is InChI=1S/C52H33NO2/c1-3-14-35(15-4-1)42-24-11-26-45-44-31-30-39(33-49(44)54-50(42)45)53(38-21-9-20-37(32-38)41-23-10-19-34-18-7-8-22-40(34)41)48-29-13-28-47-46-27-12-25-43(51(46)55-52(47)48)36-16-5-2-6-17-36/h1-33H. The normalized spacial score (nSPS) is 11.6. The number of benzene rings is 9. The molecule has 0 saturated carbocycles. The van der Waals surface area contributed by atoms with Crippen LogP contribution in [0, 0.1) is 0 Å². The predicted octanol–water partition coefficient (Wildman–Crippen LogP) is 15.1. The number of anilines is 3. The van der Waals surface area contributed by atoms with Crippen molar-refractivity contribution in [2.24, 2.45) is 0 Å². The average molecular weight is 704 g/mol. The third-order valence-corrected chi connectivity index (χ3v) is 10.9. The largest absolute Gasteiger partial charge is 0.455 e. The molecule has 0 spiro atoms. The molecule has 3 nitrogen and oxygen atoms in total. The van der Waals surface area contributed by atoms with Gasteiger partial charge in [-0.05, 0) is 63.4 Å². The highest BCUT2D eigenvalue weighted by Crippen LogP contribution is 2.46. The molecule has 0 N–H and O–H groups in total. The zero-order valence-electron chi connectivity index (χ0n) is 29.8. The van der Waals surface area contributed by atoms with E-state index in [1.165, 1.54) is 16.3 Å². The van der Waals surface area contributed by atoms with Crippen LogP contribution in [0.5, 0.6) is 0 Å². The van der Waals surface area contributed by atoms with Crippen molar-refractivity contribution in [2.45, 2.75) is 0 Å². The Bertz CT molecular complexity index is 3200. The summed E-state index contributed by atoms with van der Waals surface area (Å²) in [5, 5.41) is 6.77. The molecular weight excluding hydrogens is 671 g/mol. The van der Waals surface area contributed by atoms with Crippen molar-refractivity contribution >= 4 is 71.7 Å². The smallest absolute Gasteiger partial charge is 0.159 e. The van der Waals surface area contributed by atoms with Crippen LogP contribution < -0.4 is 4.90 Å². The van der Waals surface area contributed by atoms with Gasteiger partial charge in [0.25, 0.3) is 0 Å². The van der Waals surface area contributed by atoms with Crippen LogP contribution in [0.2, 0.25) is 0 Å². The van der Waals surface area contributed by atoms with Crippen LogP contribution in [0.3, 0.4) is 0 Å². The van der Waals surface area contributed by atoms with Crippen molar-refractivity contribution < 1.29 is 8.83 Å². The zero-order valence-corrected chi connectivity index (χ0v) is 29.8. The number of nitrogens with zero attached hydrogens (tertiary/aromatic N) is 1. The Morgan fingerprint density at radius 2 is 0.836 bits per heavy atom. The summed E-state index contributed by atoms with van der Waals surface area (Å²) in [6, 6.07) is 70.7. The van der Waals surface area contributed by atoms with Crippen molar-refractivity contribution in [1.29, 1.82) is 0 Å². The maximum atomic E-state index is 7.00. The fraction of sp³-hybridized carbons (Fsp3) is 0. The second kappa shape index (κ2) is 12.6. The zero-order chi connectivity index (χ0) is 36.3. The topological polar surface area (TPSA) is 29.5 Å². The highest BCUT2D eigenvalue weighted by Gasteiger charge is 2.23. The first kappa shape index (κ1) is 31.2. The summed E-state index contributed by atoms with van der Waals surface area (Å²) in [5.41, 5.74) is 13.1. The first-order valence-corrected chi connectivity index (χ1v) is 18.7. The summed E-state index contributed by atoms with van der Waals surface area (Å²) >= 11 is 0. The molecule has 0 aliphatic carbocycles. The van der Waals surface area contributed by atoms with E-state index < -0.39 is 0 Å². The van der Waals surface area contributed by atoms with Crippen LogP contribution in [0.1, 0.15) is 0 Å². The van der Waals surface area contributed by atoms with Gasteiger partial charge in [-0.1, -0.05) is 164 Å². The van der Waals surface area contributed by atoms with E-state index in [1.807, 2.05) is 12.1 Å². The van der Waals surface area contributed by atoms with E-state index in [9.17, 15) is 0 Å². The molecular formula is C52H33NO2. The summed E-state index contributed by atoms with van der Waals surface area (Å²) in [4.78, 5) is 2.31. The third-order valence-electron chi connectivity index (χ3n) is 10.9. The highest BCUT2D eigenvalue weighted by molar-refractivity contribution is 6.14. The Balaban J connectivity index is 1.15. The van der Waals surface area contributed by atoms with Crippen LogP contribution >= 0.6 is 0 Å². The minimum atomic E-state index is 0.826. The van der Waals surface area contributed by atoms with Crippen LogP contribution in [-0.2, 0) is 0 Å². The molecule has 11 rings (SSSR count). The molecule has 3 heteroatoms. The average Bonchev–Trinajstić information content (AvgIpc) is 3.83. The van der Waals surface area contributed by atoms with Crippen LogP contribution in [-0.4, -0.2) is 0 Å². The highest BCUT2D eigenvalue weighted by atomic mass is 16.3. The molecule has 9 aromatic carbocycles. The molecule has 0 aliphatic heterocycles. The molecule has 0 fully saturated rings. The summed E-state index contributed by atoms with van der Waals surface area (Å²) in [7, 11) is 0. The van der Waals surface area contributed by atoms with E-state index in [-0.39, 0.29) is 0 Å². The minimum Gasteiger partial charge on any atom is -0.455 e. The maximum Gasteiger partial charge on any atom is 0.159 e. The van der Waals surface area contributed by atoms with Gasteiger partial charge in [-0.3, -0.25) is 0 Å². The molecule has 258 valence electrons. The number of hydrogen-bond acceptors (Lipinski definition) is 3. The van der Waals surface area contributed by atoms with Gasteiger partial charge >= 0.3 is 0 Å². The molecule has 0 unspecified atom stereocenters. The van der Waals surface area contributed by atoms with Gasteiger partial charge in [0.2, 0.25) is 0 Å². The minimum absolute atomic E-state index is 0.826. The van der Waals surface area contributed by atoms with Crippen molar-refractivity contribution in [3.8, 4) is 33.4 Å². The summed E-state index contributed by atoms with van der Waals surface area (Å²) < 4.78 is 13.8. The number of rotatable bonds is 6. The van der Waals surface area contributed by atoms with E-state index in [1.54, 1.807) is 0 Å². The fourth-order valence-corrected chi connectivity index (χ4v) is 8.31. The van der Waals surface area contributed by atoms with Gasteiger partial charge in [0.05, 0.1) is 11.4 Å². The summed E-state index contributed by atoms with van der Waals surface area (Å²) in [6.07, 6.45) is 0. The van der Waals surface area contributed by atoms with Gasteiger partial charge in [-0.15, -0.1) is 0 Å². The lowest BCUT2D eigenvalue weighted by atomic mass is 9.97. The monoisotopic (exact) mass is 703 g/mol. The molecule has 55 heavy (non-hydrogen) atoms. The van der Waals surface area contributed by atoms with E-state index in [0.29, 0.717) is 0 Å². The third kappa shape index (κ3) is 5.13. The van der Waals surface area contributed by atoms with Crippen LogP contribution in [0.25, 0.3) is 88.0 Å². The lowest BCUT2D eigenvalue weighted by molar-refractivity contribution is 0.668. The Hall–Kier alpha value is -7.36. The van der Waals surface area contributed by atoms with Gasteiger partial charge in [-0.2, -0.15) is 0 Å². The number of fused-ring (bicyclic) bond motifs is 7. The van der Waals surface area contributed by atoms with Crippen molar-refractivity contribution in [2.75, 3.05) is 4.90 Å². The Morgan fingerprint density at radius 3 is 1.60 bits per heavy atom. The van der Waals surface area contributed by atoms with E-state index >= 15 is 0 Å². The predicted molar refractivity (Wildman–Crippen MR) is 229 cm³/mol. The van der Waals surface area contributed by atoms with Gasteiger partial charge in [-0.25, -0.2) is 0 Å². The summed E-state index contributed by atoms with van der Waals surface area (Å²) in [5.74, 6) is 0. The van der Waals surface area contributed by atoms with Crippen molar-refractivity contribution in [3.05, 3.63) is 200 Å². The van der Waals surface area contributed by atoms with E-state index in [0.717, 1.165) is 88.8 Å². The van der Waals surface area contributed by atoms with Gasteiger partial charge in [0, 0.05) is 44.4 Å². The molecule has 0 bridgehead atoms. The Morgan fingerprint density at radius 1 is 0.309 bits per heavy atom. The second-order valence-electron chi connectivity index (χ2n) is 14.0. The maximum absolute atomic E-state index is 7.00. The van der Waals surface area contributed by atoms with Crippen LogP contribution in [0.4, 0.5) is 17.1 Å². The first-order chi connectivity index (χ1) is 27.3. The van der Waals surface area contributed by atoms with Crippen molar-refractivity contribution in [1.82, 2.24) is 0 Å². The Labute approximate surface area is 317 Å². The first-order valence-electron chi connectivity index (χ1n) is 18.7. The number of hydrogen-bond donors (Lipinski definition) is 0. The molecule has 2 heterocycles. The number of furan rings is 2. The lowest BCUT2D eigenvalue weighted by Gasteiger charge is -2.26. The fourth-order valence-electron chi connectivity index (χ4n) is 8.31. The lowest BCUT2D eigenvalue weighted by Crippen LogP contribution is -2.10. The molecule has 0 amide bonds. The quantitative estimate of drug-likeness (QED) is 0.173. The molecule has 0 atom stereocenters. The van der Waals surface area contributed by atoms with Crippen molar-refractivity contribution in [3.63, 3.8) is 0 Å². The van der Waals surface area contributed by atoms with Gasteiger partial charge in [0.15, 0.2) is 5.58 Å². The summed E-state index contributed by atoms with van der Waals surface area (Å²) in [6.45, 7) is 0. The van der Waals surface area contributed by atoms with E-state index in [2.05, 4.69) is 193 Å². The molecule has 0 aliphatic rings. The Kier molecular flexibility index (Phi) is 7.17. The van der Waals surface area contributed by atoms with E-state index in [4.69, 9.17) is 8.83 Å².